The van der Waals surface area contributed by atoms with Crippen LogP contribution in [0.4, 0.5) is 5.82 Å². The Morgan fingerprint density at radius 3 is 2.67 bits per heavy atom. The molecule has 3 aromatic heterocycles. The van der Waals surface area contributed by atoms with Crippen molar-refractivity contribution < 1.29 is 14.2 Å². The Morgan fingerprint density at radius 2 is 2.00 bits per heavy atom. The minimum Gasteiger partial charge on any atom is -0.496 e. The molecule has 0 aliphatic heterocycles. The highest BCUT2D eigenvalue weighted by Crippen LogP contribution is 2.26. The molecule has 2 aromatic carbocycles. The number of hydrogen-bond acceptors (Lipinski definition) is 10. The Labute approximate surface area is 230 Å². The van der Waals surface area contributed by atoms with Crippen LogP contribution < -0.4 is 15.9 Å². The number of aromatic nitrogens is 7. The third kappa shape index (κ3) is 5.13. The van der Waals surface area contributed by atoms with Gasteiger partial charge < -0.3 is 10.5 Å². The summed E-state index contributed by atoms with van der Waals surface area (Å²) in [5.74, 6) is 0.117. The third-order valence-electron chi connectivity index (χ3n) is 5.93. The highest BCUT2D eigenvalue weighted by molar-refractivity contribution is 9.10. The zero-order valence-electron chi connectivity index (χ0n) is 21.2. The van der Waals surface area contributed by atoms with Crippen molar-refractivity contribution in [3.63, 3.8) is 0 Å². The van der Waals surface area contributed by atoms with Crippen LogP contribution in [0.25, 0.3) is 17.1 Å². The molecule has 198 valence electrons. The van der Waals surface area contributed by atoms with Crippen LogP contribution in [0, 0.1) is 13.8 Å². The van der Waals surface area contributed by atoms with Crippen molar-refractivity contribution in [1.82, 2.24) is 40.5 Å². The molecule has 14 heteroatoms. The van der Waals surface area contributed by atoms with Gasteiger partial charge in [0.25, 0.3) is 5.91 Å². The molecule has 3 heterocycles. The van der Waals surface area contributed by atoms with E-state index >= 15 is 0 Å². The zero-order valence-corrected chi connectivity index (χ0v) is 22.7. The molecule has 3 N–H and O–H groups in total. The van der Waals surface area contributed by atoms with Crippen LogP contribution in [0.3, 0.4) is 0 Å². The molecule has 5 aromatic rings. The summed E-state index contributed by atoms with van der Waals surface area (Å²) in [7, 11) is 1.61. The Kier molecular flexibility index (Phi) is 7.19. The van der Waals surface area contributed by atoms with Crippen molar-refractivity contribution in [3.05, 3.63) is 81.2 Å². The Bertz CT molecular complexity index is 1670. The lowest BCUT2D eigenvalue weighted by atomic mass is 10.1. The molecule has 0 fully saturated rings. The number of anilines is 1. The van der Waals surface area contributed by atoms with E-state index in [-0.39, 0.29) is 17.3 Å². The SMILES string of the molecule is COc1ccc(/C=N/NC(=O)c2c(-c3ccccc3)nnn2-c2nonc2N)cc1Cn1nc(C)c(Br)c1C. The summed E-state index contributed by atoms with van der Waals surface area (Å²) in [6, 6.07) is 14.7. The van der Waals surface area contributed by atoms with E-state index in [9.17, 15) is 4.79 Å². The molecule has 1 amide bonds. The van der Waals surface area contributed by atoms with Gasteiger partial charge in [0, 0.05) is 11.1 Å². The van der Waals surface area contributed by atoms with Gasteiger partial charge in [0.05, 0.1) is 35.7 Å². The quantitative estimate of drug-likeness (QED) is 0.204. The molecular formula is C25H23BrN10O3. The van der Waals surface area contributed by atoms with Gasteiger partial charge in [0.15, 0.2) is 5.69 Å². The maximum absolute atomic E-state index is 13.3. The second kappa shape index (κ2) is 10.9. The van der Waals surface area contributed by atoms with Crippen molar-refractivity contribution in [3.8, 4) is 22.8 Å². The molecule has 0 unspecified atom stereocenters. The largest absolute Gasteiger partial charge is 0.496 e. The summed E-state index contributed by atoms with van der Waals surface area (Å²) in [6.07, 6.45) is 1.53. The maximum atomic E-state index is 13.3. The number of hydrazone groups is 1. The molecule has 0 bridgehead atoms. The van der Waals surface area contributed by atoms with E-state index in [4.69, 9.17) is 10.5 Å². The van der Waals surface area contributed by atoms with Gasteiger partial charge in [-0.1, -0.05) is 35.5 Å². The number of nitrogen functional groups attached to an aromatic ring is 1. The fourth-order valence-electron chi connectivity index (χ4n) is 3.97. The van der Waals surface area contributed by atoms with E-state index in [1.807, 2.05) is 54.9 Å². The van der Waals surface area contributed by atoms with E-state index in [2.05, 4.69) is 56.8 Å². The molecule has 0 radical (unpaired) electrons. The summed E-state index contributed by atoms with van der Waals surface area (Å²) in [6.45, 7) is 4.42. The maximum Gasteiger partial charge on any atom is 0.292 e. The zero-order chi connectivity index (χ0) is 27.5. The van der Waals surface area contributed by atoms with Crippen molar-refractivity contribution in [2.24, 2.45) is 5.10 Å². The predicted octanol–water partition coefficient (Wildman–Crippen LogP) is 3.30. The number of methoxy groups -OCH3 is 1. The van der Waals surface area contributed by atoms with Crippen LogP contribution in [0.5, 0.6) is 5.75 Å². The second-order valence-electron chi connectivity index (χ2n) is 8.45. The number of amides is 1. The van der Waals surface area contributed by atoms with E-state index in [0.29, 0.717) is 23.6 Å². The predicted molar refractivity (Wildman–Crippen MR) is 146 cm³/mol. The molecule has 13 nitrogen and oxygen atoms in total. The van der Waals surface area contributed by atoms with E-state index in [1.54, 1.807) is 19.2 Å². The average molecular weight is 591 g/mol. The average Bonchev–Trinajstić information content (AvgIpc) is 3.63. The lowest BCUT2D eigenvalue weighted by molar-refractivity contribution is 0.0947. The van der Waals surface area contributed by atoms with Gasteiger partial charge in [-0.25, -0.2) is 10.1 Å². The Morgan fingerprint density at radius 1 is 1.21 bits per heavy atom. The smallest absolute Gasteiger partial charge is 0.292 e. The monoisotopic (exact) mass is 590 g/mol. The minimum atomic E-state index is -0.585. The van der Waals surface area contributed by atoms with Crippen LogP contribution in [-0.4, -0.2) is 54.3 Å². The van der Waals surface area contributed by atoms with Gasteiger partial charge in [-0.2, -0.15) is 14.9 Å². The van der Waals surface area contributed by atoms with Gasteiger partial charge in [0.1, 0.15) is 11.4 Å². The number of hydrogen-bond donors (Lipinski definition) is 2. The standard InChI is InChI=1S/C25H23BrN10O3/c1-14-20(26)15(2)35(31-14)13-18-11-16(9-10-19(18)38-3)12-28-30-25(37)22-21(17-7-5-4-6-8-17)29-34-36(22)24-23(27)32-39-33-24/h4-12H,13H2,1-3H3,(H2,27,32)(H,30,37)/b28-12+. The molecule has 0 spiro atoms. The van der Waals surface area contributed by atoms with E-state index in [1.165, 1.54) is 6.21 Å². The lowest BCUT2D eigenvalue weighted by Gasteiger charge is -2.11. The second-order valence-corrected chi connectivity index (χ2v) is 9.24. The number of carbonyl (C=O) groups excluding carboxylic acids is 1. The van der Waals surface area contributed by atoms with Crippen molar-refractivity contribution in [2.75, 3.05) is 12.8 Å². The summed E-state index contributed by atoms with van der Waals surface area (Å²) < 4.78 is 14.2. The van der Waals surface area contributed by atoms with Crippen molar-refractivity contribution in [1.29, 1.82) is 0 Å². The number of ether oxygens (including phenoxy) is 1. The van der Waals surface area contributed by atoms with Gasteiger partial charge >= 0.3 is 0 Å². The number of benzene rings is 2. The van der Waals surface area contributed by atoms with Crippen LogP contribution in [0.15, 0.2) is 62.7 Å². The Balaban J connectivity index is 1.41. The van der Waals surface area contributed by atoms with Gasteiger partial charge in [-0.3, -0.25) is 9.48 Å². The van der Waals surface area contributed by atoms with Crippen LogP contribution in [0.1, 0.15) is 33.0 Å². The minimum absolute atomic E-state index is 0.0365. The van der Waals surface area contributed by atoms with Crippen LogP contribution in [-0.2, 0) is 6.54 Å². The van der Waals surface area contributed by atoms with Gasteiger partial charge in [-0.15, -0.1) is 5.10 Å². The first-order valence-corrected chi connectivity index (χ1v) is 12.5. The number of nitrogens with two attached hydrogens (primary N) is 1. The summed E-state index contributed by atoms with van der Waals surface area (Å²) in [4.78, 5) is 13.3. The topological polar surface area (TPSA) is 164 Å². The fourth-order valence-corrected chi connectivity index (χ4v) is 4.26. The van der Waals surface area contributed by atoms with Gasteiger partial charge in [-0.05, 0) is 63.9 Å². The van der Waals surface area contributed by atoms with Crippen molar-refractivity contribution >= 4 is 33.9 Å². The van der Waals surface area contributed by atoms with Crippen LogP contribution >= 0.6 is 15.9 Å². The number of aryl methyl sites for hydroxylation is 1. The van der Waals surface area contributed by atoms with Crippen LogP contribution in [0.2, 0.25) is 0 Å². The molecule has 5 rings (SSSR count). The summed E-state index contributed by atoms with van der Waals surface area (Å²) in [5.41, 5.74) is 13.0. The molecule has 0 atom stereocenters. The molecule has 0 aliphatic carbocycles. The normalized spacial score (nSPS) is 11.3. The number of carbonyl (C=O) groups is 1. The summed E-state index contributed by atoms with van der Waals surface area (Å²) >= 11 is 3.56. The Hall–Kier alpha value is -4.85. The first kappa shape index (κ1) is 25.8. The highest BCUT2D eigenvalue weighted by atomic mass is 79.9. The molecular weight excluding hydrogens is 568 g/mol. The number of nitrogens with zero attached hydrogens (tertiary/aromatic N) is 8. The fraction of sp³-hybridized carbons (Fsp3) is 0.160. The van der Waals surface area contributed by atoms with E-state index in [0.717, 1.165) is 31.7 Å². The van der Waals surface area contributed by atoms with Gasteiger partial charge in [0.2, 0.25) is 11.6 Å². The molecule has 39 heavy (non-hydrogen) atoms. The number of nitrogens with one attached hydrogen (secondary N) is 1. The first-order valence-electron chi connectivity index (χ1n) is 11.7. The lowest BCUT2D eigenvalue weighted by Crippen LogP contribution is -2.22. The first-order chi connectivity index (χ1) is 18.9. The molecule has 0 saturated carbocycles. The molecule has 0 saturated heterocycles. The van der Waals surface area contributed by atoms with Crippen molar-refractivity contribution in [2.45, 2.75) is 20.4 Å². The number of halogens is 1. The summed E-state index contributed by atoms with van der Waals surface area (Å²) in [5, 5.41) is 24.3. The highest BCUT2D eigenvalue weighted by Gasteiger charge is 2.25. The molecule has 0 aliphatic rings. The third-order valence-corrected chi connectivity index (χ3v) is 7.07. The van der Waals surface area contributed by atoms with E-state index < -0.39 is 5.91 Å². The number of rotatable bonds is 8.